The first-order chi connectivity index (χ1) is 13.1. The molecular weight excluding hydrogens is 386 g/mol. The van der Waals surface area contributed by atoms with Crippen LogP contribution in [-0.2, 0) is 17.1 Å². The molecule has 0 radical (unpaired) electrons. The van der Waals surface area contributed by atoms with E-state index in [1.807, 2.05) is 13.8 Å². The van der Waals surface area contributed by atoms with Gasteiger partial charge in [-0.25, -0.2) is 17.9 Å². The lowest BCUT2D eigenvalue weighted by Crippen LogP contribution is -2.40. The molecule has 0 N–H and O–H groups in total. The van der Waals surface area contributed by atoms with Gasteiger partial charge in [0.15, 0.2) is 0 Å². The van der Waals surface area contributed by atoms with Gasteiger partial charge in [0.25, 0.3) is 5.69 Å². The molecule has 1 aliphatic heterocycles. The van der Waals surface area contributed by atoms with E-state index in [0.717, 1.165) is 6.07 Å². The number of piperidine rings is 1. The van der Waals surface area contributed by atoms with Crippen molar-refractivity contribution in [3.63, 3.8) is 0 Å². The van der Waals surface area contributed by atoms with Crippen LogP contribution in [0.2, 0.25) is 0 Å². The van der Waals surface area contributed by atoms with Gasteiger partial charge in [-0.15, -0.1) is 0 Å². The minimum absolute atomic E-state index is 0.0973. The highest BCUT2D eigenvalue weighted by atomic mass is 32.2. The average Bonchev–Trinajstić information content (AvgIpc) is 2.97. The molecule has 0 bridgehead atoms. The van der Waals surface area contributed by atoms with Crippen molar-refractivity contribution in [3.8, 4) is 0 Å². The van der Waals surface area contributed by atoms with Crippen molar-refractivity contribution < 1.29 is 13.3 Å². The molecule has 0 saturated carbocycles. The molecule has 28 heavy (non-hydrogen) atoms. The molecule has 1 atom stereocenters. The van der Waals surface area contributed by atoms with Crippen molar-refractivity contribution >= 4 is 15.7 Å². The van der Waals surface area contributed by atoms with Gasteiger partial charge in [0, 0.05) is 44.2 Å². The summed E-state index contributed by atoms with van der Waals surface area (Å²) in [5.41, 5.74) is -0.503. The standard InChI is InChI=1S/C17H23N5O5S/c1-12(2)21-16(18-19(3)17(21)23)13-6-5-9-20(11-13)28(26,27)15-8-4-7-14(10-15)22(24)25/h4,7-8,10,12-13H,5-6,9,11H2,1-3H3. The Morgan fingerprint density at radius 2 is 2.04 bits per heavy atom. The SMILES string of the molecule is CC(C)n1c(C2CCCN(S(=O)(=O)c3cccc([N+](=O)[O-])c3)C2)nn(C)c1=O. The van der Waals surface area contributed by atoms with E-state index in [9.17, 15) is 23.3 Å². The van der Waals surface area contributed by atoms with Gasteiger partial charge < -0.3 is 0 Å². The second-order valence-corrected chi connectivity index (χ2v) is 9.12. The normalized spacial score (nSPS) is 18.5. The number of nitro groups is 1. The summed E-state index contributed by atoms with van der Waals surface area (Å²) < 4.78 is 30.3. The lowest BCUT2D eigenvalue weighted by molar-refractivity contribution is -0.385. The smallest absolute Gasteiger partial charge is 0.276 e. The lowest BCUT2D eigenvalue weighted by atomic mass is 9.98. The Morgan fingerprint density at radius 1 is 1.32 bits per heavy atom. The summed E-state index contributed by atoms with van der Waals surface area (Å²) in [6.07, 6.45) is 1.33. The van der Waals surface area contributed by atoms with E-state index in [1.165, 1.54) is 27.2 Å². The van der Waals surface area contributed by atoms with Crippen LogP contribution in [0.3, 0.4) is 0 Å². The van der Waals surface area contributed by atoms with E-state index in [1.54, 1.807) is 11.6 Å². The molecule has 0 spiro atoms. The summed E-state index contributed by atoms with van der Waals surface area (Å²) in [6, 6.07) is 4.95. The minimum atomic E-state index is -3.89. The number of benzene rings is 1. The van der Waals surface area contributed by atoms with E-state index in [-0.39, 0.29) is 34.8 Å². The zero-order valence-electron chi connectivity index (χ0n) is 16.0. The van der Waals surface area contributed by atoms with Gasteiger partial charge in [-0.2, -0.15) is 9.40 Å². The maximum absolute atomic E-state index is 13.0. The largest absolute Gasteiger partial charge is 0.345 e. The van der Waals surface area contributed by atoms with Crippen molar-refractivity contribution in [2.75, 3.05) is 13.1 Å². The Kier molecular flexibility index (Phi) is 5.39. The third-order valence-corrected chi connectivity index (χ3v) is 6.78. The quantitative estimate of drug-likeness (QED) is 0.547. The van der Waals surface area contributed by atoms with Crippen LogP contribution in [0.15, 0.2) is 34.0 Å². The van der Waals surface area contributed by atoms with Crippen LogP contribution in [0.4, 0.5) is 5.69 Å². The van der Waals surface area contributed by atoms with E-state index >= 15 is 0 Å². The molecule has 152 valence electrons. The summed E-state index contributed by atoms with van der Waals surface area (Å²) >= 11 is 0. The molecule has 0 amide bonds. The van der Waals surface area contributed by atoms with Gasteiger partial charge in [0.2, 0.25) is 10.0 Å². The summed E-state index contributed by atoms with van der Waals surface area (Å²) in [5.74, 6) is 0.347. The summed E-state index contributed by atoms with van der Waals surface area (Å²) in [6.45, 7) is 4.26. The predicted octanol–water partition coefficient (Wildman–Crippen LogP) is 1.64. The van der Waals surface area contributed by atoms with Gasteiger partial charge in [0.05, 0.1) is 9.82 Å². The van der Waals surface area contributed by atoms with Crippen LogP contribution >= 0.6 is 0 Å². The maximum atomic E-state index is 13.0. The molecule has 2 aromatic rings. The topological polar surface area (TPSA) is 120 Å². The predicted molar refractivity (Wildman–Crippen MR) is 102 cm³/mol. The number of hydrogen-bond acceptors (Lipinski definition) is 6. The fraction of sp³-hybridized carbons (Fsp3) is 0.529. The van der Waals surface area contributed by atoms with Gasteiger partial charge in [0.1, 0.15) is 5.82 Å². The average molecular weight is 409 g/mol. The monoisotopic (exact) mass is 409 g/mol. The maximum Gasteiger partial charge on any atom is 0.345 e. The van der Waals surface area contributed by atoms with Crippen molar-refractivity contribution in [2.45, 2.75) is 43.5 Å². The zero-order chi connectivity index (χ0) is 20.6. The number of hydrogen-bond donors (Lipinski definition) is 0. The molecule has 1 aromatic carbocycles. The number of nitro benzene ring substituents is 1. The molecular formula is C17H23N5O5S. The van der Waals surface area contributed by atoms with E-state index < -0.39 is 14.9 Å². The number of rotatable bonds is 5. The van der Waals surface area contributed by atoms with Crippen molar-refractivity contribution in [1.29, 1.82) is 0 Å². The van der Waals surface area contributed by atoms with Gasteiger partial charge in [-0.1, -0.05) is 6.07 Å². The Labute approximate surface area is 162 Å². The molecule has 11 heteroatoms. The summed E-state index contributed by atoms with van der Waals surface area (Å²) in [7, 11) is -2.31. The van der Waals surface area contributed by atoms with Gasteiger partial charge in [-0.05, 0) is 32.8 Å². The van der Waals surface area contributed by atoms with Crippen molar-refractivity contribution in [1.82, 2.24) is 18.7 Å². The van der Waals surface area contributed by atoms with Gasteiger partial charge in [-0.3, -0.25) is 14.7 Å². The second-order valence-electron chi connectivity index (χ2n) is 7.18. The molecule has 1 fully saturated rings. The van der Waals surface area contributed by atoms with Crippen LogP contribution in [0, 0.1) is 10.1 Å². The molecule has 1 aliphatic rings. The second kappa shape index (κ2) is 7.47. The number of nitrogens with zero attached hydrogens (tertiary/aromatic N) is 5. The first-order valence-corrected chi connectivity index (χ1v) is 10.5. The van der Waals surface area contributed by atoms with Crippen LogP contribution in [0.25, 0.3) is 0 Å². The highest BCUT2D eigenvalue weighted by Crippen LogP contribution is 2.30. The summed E-state index contributed by atoms with van der Waals surface area (Å²) in [5, 5.41) is 15.3. The van der Waals surface area contributed by atoms with Crippen LogP contribution in [0.5, 0.6) is 0 Å². The fourth-order valence-electron chi connectivity index (χ4n) is 3.54. The van der Waals surface area contributed by atoms with Crippen LogP contribution in [0.1, 0.15) is 44.5 Å². The number of aryl methyl sites for hydroxylation is 1. The Bertz CT molecular complexity index is 1060. The molecule has 10 nitrogen and oxygen atoms in total. The molecule has 1 unspecified atom stereocenters. The van der Waals surface area contributed by atoms with E-state index in [2.05, 4.69) is 5.10 Å². The van der Waals surface area contributed by atoms with Gasteiger partial charge >= 0.3 is 5.69 Å². The first-order valence-electron chi connectivity index (χ1n) is 9.03. The highest BCUT2D eigenvalue weighted by Gasteiger charge is 2.34. The highest BCUT2D eigenvalue weighted by molar-refractivity contribution is 7.89. The van der Waals surface area contributed by atoms with Crippen molar-refractivity contribution in [2.24, 2.45) is 7.05 Å². The zero-order valence-corrected chi connectivity index (χ0v) is 16.8. The molecule has 2 heterocycles. The number of non-ortho nitro benzene ring substituents is 1. The van der Waals surface area contributed by atoms with Crippen LogP contribution in [-0.4, -0.2) is 45.1 Å². The Morgan fingerprint density at radius 3 is 2.68 bits per heavy atom. The third-order valence-electron chi connectivity index (χ3n) is 4.91. The summed E-state index contributed by atoms with van der Waals surface area (Å²) in [4.78, 5) is 22.6. The molecule has 3 rings (SSSR count). The van der Waals surface area contributed by atoms with Crippen LogP contribution < -0.4 is 5.69 Å². The first kappa shape index (κ1) is 20.2. The molecule has 1 saturated heterocycles. The van der Waals surface area contributed by atoms with Crippen molar-refractivity contribution in [3.05, 3.63) is 50.7 Å². The number of sulfonamides is 1. The molecule has 0 aliphatic carbocycles. The Hall–Kier alpha value is -2.53. The van der Waals surface area contributed by atoms with E-state index in [4.69, 9.17) is 0 Å². The third kappa shape index (κ3) is 3.59. The molecule has 1 aromatic heterocycles. The number of aromatic nitrogens is 3. The fourth-order valence-corrected chi connectivity index (χ4v) is 5.10. The lowest BCUT2D eigenvalue weighted by Gasteiger charge is -2.31. The Balaban J connectivity index is 1.94. The van der Waals surface area contributed by atoms with E-state index in [0.29, 0.717) is 25.2 Å². The minimum Gasteiger partial charge on any atom is -0.276 e.